The number of aromatic nitrogens is 2. The van der Waals surface area contributed by atoms with Crippen LogP contribution in [-0.4, -0.2) is 27.0 Å². The number of rotatable bonds is 4. The molecule has 0 aliphatic rings. The van der Waals surface area contributed by atoms with Gasteiger partial charge in [0.25, 0.3) is 5.56 Å². The molecule has 5 nitrogen and oxygen atoms in total. The topological polar surface area (TPSA) is 67.2 Å². The van der Waals surface area contributed by atoms with Crippen LogP contribution in [0.15, 0.2) is 11.0 Å². The zero-order valence-electron chi connectivity index (χ0n) is 9.62. The SMILES string of the molecule is Cn1ncc(NC(C)(C)CCO)c(Cl)c1=O. The van der Waals surface area contributed by atoms with E-state index in [4.69, 9.17) is 16.7 Å². The van der Waals surface area contributed by atoms with Crippen molar-refractivity contribution in [2.24, 2.45) is 7.05 Å². The highest BCUT2D eigenvalue weighted by Crippen LogP contribution is 2.21. The molecule has 0 unspecified atom stereocenters. The number of aryl methyl sites for hydroxylation is 1. The van der Waals surface area contributed by atoms with E-state index in [1.165, 1.54) is 17.9 Å². The molecule has 0 aliphatic carbocycles. The van der Waals surface area contributed by atoms with Gasteiger partial charge in [-0.25, -0.2) is 4.68 Å². The largest absolute Gasteiger partial charge is 0.396 e. The Labute approximate surface area is 99.0 Å². The Morgan fingerprint density at radius 1 is 1.62 bits per heavy atom. The Hall–Kier alpha value is -1.07. The van der Waals surface area contributed by atoms with Crippen LogP contribution in [0, 0.1) is 0 Å². The molecule has 0 fully saturated rings. The summed E-state index contributed by atoms with van der Waals surface area (Å²) in [6, 6.07) is 0. The van der Waals surface area contributed by atoms with Gasteiger partial charge in [0.05, 0.1) is 11.9 Å². The fourth-order valence-corrected chi connectivity index (χ4v) is 1.52. The molecule has 2 N–H and O–H groups in total. The van der Waals surface area contributed by atoms with Gasteiger partial charge >= 0.3 is 0 Å². The lowest BCUT2D eigenvalue weighted by Crippen LogP contribution is -2.33. The third-order valence-corrected chi connectivity index (χ3v) is 2.65. The summed E-state index contributed by atoms with van der Waals surface area (Å²) in [7, 11) is 1.54. The van der Waals surface area contributed by atoms with Gasteiger partial charge in [-0.15, -0.1) is 0 Å². The second kappa shape index (κ2) is 4.84. The molecular weight excluding hydrogens is 230 g/mol. The third-order valence-electron chi connectivity index (χ3n) is 2.29. The van der Waals surface area contributed by atoms with Gasteiger partial charge in [-0.3, -0.25) is 4.79 Å². The van der Waals surface area contributed by atoms with Crippen molar-refractivity contribution < 1.29 is 5.11 Å². The Morgan fingerprint density at radius 3 is 2.81 bits per heavy atom. The molecule has 0 spiro atoms. The van der Waals surface area contributed by atoms with E-state index in [-0.39, 0.29) is 22.7 Å². The van der Waals surface area contributed by atoms with Crippen LogP contribution in [0.3, 0.4) is 0 Å². The lowest BCUT2D eigenvalue weighted by Gasteiger charge is -2.26. The van der Waals surface area contributed by atoms with Gasteiger partial charge in [0.1, 0.15) is 5.02 Å². The summed E-state index contributed by atoms with van der Waals surface area (Å²) in [6.07, 6.45) is 2.06. The Kier molecular flexibility index (Phi) is 3.93. The zero-order valence-corrected chi connectivity index (χ0v) is 10.4. The Bertz CT molecular complexity index is 429. The molecule has 0 aliphatic heterocycles. The average molecular weight is 246 g/mol. The number of aliphatic hydroxyl groups is 1. The van der Waals surface area contributed by atoms with E-state index in [1.54, 1.807) is 0 Å². The quantitative estimate of drug-likeness (QED) is 0.831. The van der Waals surface area contributed by atoms with Crippen molar-refractivity contribution in [1.29, 1.82) is 0 Å². The van der Waals surface area contributed by atoms with Gasteiger partial charge in [0.2, 0.25) is 0 Å². The predicted octanol–water partition coefficient (Wildman–Crippen LogP) is 1.01. The van der Waals surface area contributed by atoms with Gasteiger partial charge < -0.3 is 10.4 Å². The number of aliphatic hydroxyl groups excluding tert-OH is 1. The van der Waals surface area contributed by atoms with Crippen molar-refractivity contribution in [3.05, 3.63) is 21.6 Å². The fourth-order valence-electron chi connectivity index (χ4n) is 1.30. The monoisotopic (exact) mass is 245 g/mol. The zero-order chi connectivity index (χ0) is 12.3. The standard InChI is InChI=1S/C10H16ClN3O2/c1-10(2,4-5-15)13-7-6-12-14(3)9(16)8(7)11/h6,13,15H,4-5H2,1-3H3. The van der Waals surface area contributed by atoms with Crippen LogP contribution in [0.5, 0.6) is 0 Å². The van der Waals surface area contributed by atoms with E-state index >= 15 is 0 Å². The normalized spacial score (nSPS) is 11.6. The molecule has 0 aromatic carbocycles. The summed E-state index contributed by atoms with van der Waals surface area (Å²) in [5.41, 5.74) is -0.193. The molecule has 0 bridgehead atoms. The summed E-state index contributed by atoms with van der Waals surface area (Å²) in [4.78, 5) is 11.5. The first-order valence-corrected chi connectivity index (χ1v) is 5.36. The minimum atomic E-state index is -0.341. The van der Waals surface area contributed by atoms with E-state index in [2.05, 4.69) is 10.4 Å². The molecule has 16 heavy (non-hydrogen) atoms. The molecule has 0 saturated carbocycles. The van der Waals surface area contributed by atoms with Crippen molar-refractivity contribution in [2.75, 3.05) is 11.9 Å². The molecular formula is C10H16ClN3O2. The van der Waals surface area contributed by atoms with Gasteiger partial charge in [0, 0.05) is 19.2 Å². The van der Waals surface area contributed by atoms with Crippen molar-refractivity contribution in [3.63, 3.8) is 0 Å². The van der Waals surface area contributed by atoms with Crippen LogP contribution in [0.2, 0.25) is 5.02 Å². The summed E-state index contributed by atoms with van der Waals surface area (Å²) in [6.45, 7) is 3.89. The first kappa shape index (κ1) is 13.0. The second-order valence-corrected chi connectivity index (χ2v) is 4.66. The van der Waals surface area contributed by atoms with Gasteiger partial charge in [-0.2, -0.15) is 5.10 Å². The number of halogens is 1. The van der Waals surface area contributed by atoms with E-state index in [1.807, 2.05) is 13.8 Å². The van der Waals surface area contributed by atoms with Crippen molar-refractivity contribution >= 4 is 17.3 Å². The van der Waals surface area contributed by atoms with Crippen LogP contribution >= 0.6 is 11.6 Å². The minimum Gasteiger partial charge on any atom is -0.396 e. The molecule has 90 valence electrons. The molecule has 1 rings (SSSR count). The first-order valence-electron chi connectivity index (χ1n) is 4.98. The van der Waals surface area contributed by atoms with E-state index in [0.29, 0.717) is 12.1 Å². The highest BCUT2D eigenvalue weighted by atomic mass is 35.5. The summed E-state index contributed by atoms with van der Waals surface area (Å²) < 4.78 is 1.17. The summed E-state index contributed by atoms with van der Waals surface area (Å²) >= 11 is 5.91. The van der Waals surface area contributed by atoms with Crippen LogP contribution in [-0.2, 0) is 7.05 Å². The van der Waals surface area contributed by atoms with Crippen LogP contribution in [0.4, 0.5) is 5.69 Å². The number of hydrogen-bond acceptors (Lipinski definition) is 4. The smallest absolute Gasteiger partial charge is 0.287 e. The van der Waals surface area contributed by atoms with Gasteiger partial charge in [-0.05, 0) is 20.3 Å². The molecule has 6 heteroatoms. The second-order valence-electron chi connectivity index (χ2n) is 4.28. The maximum atomic E-state index is 11.5. The van der Waals surface area contributed by atoms with Crippen molar-refractivity contribution in [2.45, 2.75) is 25.8 Å². The van der Waals surface area contributed by atoms with E-state index in [0.717, 1.165) is 0 Å². The Balaban J connectivity index is 2.99. The average Bonchev–Trinajstić information content (AvgIpc) is 2.19. The first-order chi connectivity index (χ1) is 7.37. The van der Waals surface area contributed by atoms with Crippen LogP contribution in [0.1, 0.15) is 20.3 Å². The highest BCUT2D eigenvalue weighted by Gasteiger charge is 2.19. The molecule has 1 aromatic heterocycles. The van der Waals surface area contributed by atoms with E-state index in [9.17, 15) is 4.79 Å². The lowest BCUT2D eigenvalue weighted by molar-refractivity contribution is 0.261. The number of anilines is 1. The molecule has 1 aromatic rings. The van der Waals surface area contributed by atoms with Crippen molar-refractivity contribution in [1.82, 2.24) is 9.78 Å². The molecule has 0 saturated heterocycles. The number of hydrogen-bond donors (Lipinski definition) is 2. The maximum absolute atomic E-state index is 11.5. The third kappa shape index (κ3) is 2.96. The summed E-state index contributed by atoms with van der Waals surface area (Å²) in [5, 5.41) is 16.0. The lowest BCUT2D eigenvalue weighted by atomic mass is 10.0. The number of nitrogens with zero attached hydrogens (tertiary/aromatic N) is 2. The van der Waals surface area contributed by atoms with Gasteiger partial charge in [0.15, 0.2) is 0 Å². The Morgan fingerprint density at radius 2 is 2.25 bits per heavy atom. The van der Waals surface area contributed by atoms with Crippen molar-refractivity contribution in [3.8, 4) is 0 Å². The molecule has 0 atom stereocenters. The molecule has 0 amide bonds. The van der Waals surface area contributed by atoms with Crippen LogP contribution < -0.4 is 10.9 Å². The minimum absolute atomic E-state index is 0.0654. The highest BCUT2D eigenvalue weighted by molar-refractivity contribution is 6.32. The van der Waals surface area contributed by atoms with Crippen LogP contribution in [0.25, 0.3) is 0 Å². The van der Waals surface area contributed by atoms with E-state index < -0.39 is 0 Å². The molecule has 1 heterocycles. The predicted molar refractivity (Wildman–Crippen MR) is 63.9 cm³/mol. The maximum Gasteiger partial charge on any atom is 0.287 e. The summed E-state index contributed by atoms with van der Waals surface area (Å²) in [5.74, 6) is 0. The number of nitrogens with one attached hydrogen (secondary N) is 1. The van der Waals surface area contributed by atoms with Gasteiger partial charge in [-0.1, -0.05) is 11.6 Å². The molecule has 0 radical (unpaired) electrons. The fraction of sp³-hybridized carbons (Fsp3) is 0.600.